The fourth-order valence-corrected chi connectivity index (χ4v) is 10.2. The Morgan fingerprint density at radius 3 is 1.25 bits per heavy atom. The van der Waals surface area contributed by atoms with E-state index in [4.69, 9.17) is 51.4 Å². The zero-order valence-corrected chi connectivity index (χ0v) is 69.4. The van der Waals surface area contributed by atoms with Crippen LogP contribution in [0.4, 0.5) is 24.0 Å². The minimum Gasteiger partial charge on any atom is 1.00 e. The number of thiol groups is 1. The number of aliphatic hydroxyl groups is 1. The van der Waals surface area contributed by atoms with Gasteiger partial charge in [-0.1, -0.05) is 0 Å². The molecular formula is C58H98BBr3N13Na2O18S2. The third-order valence-corrected chi connectivity index (χ3v) is 14.7. The second-order valence-electron chi connectivity index (χ2n) is 26.1. The summed E-state index contributed by atoms with van der Waals surface area (Å²) in [5.41, 5.74) is -2.34. The van der Waals surface area contributed by atoms with Gasteiger partial charge in [-0.05, 0) is 216 Å². The van der Waals surface area contributed by atoms with Gasteiger partial charge in [0.2, 0.25) is 0 Å². The van der Waals surface area contributed by atoms with Crippen LogP contribution in [0.2, 0.25) is 0 Å². The Morgan fingerprint density at radius 2 is 0.938 bits per heavy atom. The van der Waals surface area contributed by atoms with Crippen molar-refractivity contribution in [3.8, 4) is 0 Å². The molecule has 0 bridgehead atoms. The molecule has 5 aliphatic rings. The average Bonchev–Trinajstić information content (AvgIpc) is 1.70. The first kappa shape index (κ1) is 99.8. The van der Waals surface area contributed by atoms with Crippen molar-refractivity contribution < 1.29 is 145 Å². The molecular weight excluding hydrogens is 1530 g/mol. The summed E-state index contributed by atoms with van der Waals surface area (Å²) in [7, 11) is 1.23. The van der Waals surface area contributed by atoms with Crippen molar-refractivity contribution in [2.75, 3.05) is 39.3 Å². The number of likely N-dealkylation sites (tertiary alicyclic amines) is 5. The molecule has 5 atom stereocenters. The topological polar surface area (TPSA) is 441 Å². The molecule has 97 heavy (non-hydrogen) atoms. The van der Waals surface area contributed by atoms with E-state index >= 15 is 0 Å². The normalized spacial score (nSPS) is 18.4. The Kier molecular flexibility index (Phi) is 49.7. The number of aldehydes is 3. The molecule has 9 N–H and O–H groups in total. The van der Waals surface area contributed by atoms with Crippen molar-refractivity contribution >= 4 is 129 Å². The van der Waals surface area contributed by atoms with Crippen LogP contribution in [0.3, 0.4) is 0 Å². The molecule has 5 amide bonds. The number of carbonyl (C=O) groups is 8. The van der Waals surface area contributed by atoms with Crippen LogP contribution in [0.15, 0.2) is 36.7 Å². The Bertz CT molecular complexity index is 2880. The van der Waals surface area contributed by atoms with Gasteiger partial charge >= 0.3 is 114 Å². The predicted octanol–water partition coefficient (Wildman–Crippen LogP) is 5.03. The van der Waals surface area contributed by atoms with E-state index in [0.29, 0.717) is 19.6 Å². The minimum atomic E-state index is -3.11. The van der Waals surface area contributed by atoms with Gasteiger partial charge in [-0.15, -0.1) is 0 Å². The van der Waals surface area contributed by atoms with Gasteiger partial charge in [0.05, 0.1) is 43.0 Å². The molecule has 5 aliphatic heterocycles. The van der Waals surface area contributed by atoms with E-state index < -0.39 is 39.0 Å². The second-order valence-corrected chi connectivity index (χ2v) is 29.1. The number of hydrogen-bond acceptors (Lipinski definition) is 24. The minimum absolute atomic E-state index is 0. The van der Waals surface area contributed by atoms with E-state index in [-0.39, 0.29) is 151 Å². The number of hydrogen-bond donors (Lipinski definition) is 6. The number of rotatable bonds is 6. The molecule has 3 aromatic rings. The number of aromatic nitrogens is 6. The summed E-state index contributed by atoms with van der Waals surface area (Å²) < 4.78 is 57.0. The maximum atomic E-state index is 12.2. The smallest absolute Gasteiger partial charge is 1.00 e. The molecule has 1 radical (unpaired) electrons. The molecule has 5 fully saturated rings. The number of aliphatic hydroxyl groups excluding tert-OH is 1. The number of ether oxygens (including phenoxy) is 5. The Morgan fingerprint density at radius 1 is 0.608 bits per heavy atom. The largest absolute Gasteiger partial charge is 1.00 e. The van der Waals surface area contributed by atoms with Gasteiger partial charge in [-0.2, -0.15) is 11.0 Å². The fourth-order valence-electron chi connectivity index (χ4n) is 9.28. The average molecular weight is 1630 g/mol. The van der Waals surface area contributed by atoms with Crippen LogP contribution in [0.1, 0.15) is 204 Å². The quantitative estimate of drug-likeness (QED) is 0.0275. The predicted molar refractivity (Wildman–Crippen MR) is 366 cm³/mol. The standard InChI is InChI=1S/C12H17Br2N3O2.C12H18BrN3O2.C12H19N3O2.C10H19NO3.C10H17NO3.C2H2O2.BHNS.H3N.2Na.O3S.H2O/c1-12(2,3)19-11(18)17-6-4-5-7(17)10-15-8(13)9(14)16-10;1-12(2,3)18-11(17)16-6-4-5-8(16)10-14-7-9(13)15-10;1-12(2,3)17-11(16)15-8-4-5-9(15)10-13-6-7-14-10;2*1-10(2,3)14-9(13)11-6-4-5-8(11)7-12;3-1-2-4;1-2-3;;;;1-4(2)3;/h7H,4-6H2,1-3H3,(H,15,16);7-8H,4-6H2,1-3H3,(H,14,15);6-7,9H,4-5,8H2,1-3H3,(H,13,14);8,12H,4-7H2,1-3H3;7-8H,4-6H2,1-3H3;1-2H;3H;1H3;;;;1H2/q;;;;;;;;2*+1;-2;/t7-;8-;9-;2*8-;;;;;;;/m00000......./s1. The van der Waals surface area contributed by atoms with Crippen molar-refractivity contribution in [1.29, 1.82) is 0 Å². The monoisotopic (exact) mass is 1620 g/mol. The Hall–Kier alpha value is -3.57. The Balaban J connectivity index is -0.000000532. The van der Waals surface area contributed by atoms with Gasteiger partial charge in [-0.3, -0.25) is 29.2 Å². The summed E-state index contributed by atoms with van der Waals surface area (Å²) in [4.78, 5) is 118. The van der Waals surface area contributed by atoms with Gasteiger partial charge in [0.1, 0.15) is 65.6 Å². The zero-order valence-electron chi connectivity index (χ0n) is 58.9. The molecule has 5 saturated heterocycles. The van der Waals surface area contributed by atoms with Crippen LogP contribution in [-0.4, -0.2) is 206 Å². The van der Waals surface area contributed by atoms with Gasteiger partial charge < -0.3 is 78.0 Å². The Labute approximate surface area is 647 Å². The number of aromatic amines is 3. The third kappa shape index (κ3) is 40.6. The van der Waals surface area contributed by atoms with Crippen LogP contribution >= 0.6 is 60.6 Å². The molecule has 8 heterocycles. The summed E-state index contributed by atoms with van der Waals surface area (Å²) in [6, 6.07) is -0.363. The molecule has 3 aromatic heterocycles. The zero-order chi connectivity index (χ0) is 71.2. The number of nitrogens with zero attached hydrogens (tertiary/aromatic N) is 9. The van der Waals surface area contributed by atoms with E-state index in [1.807, 2.05) is 104 Å². The molecule has 0 saturated carbocycles. The number of halogens is 3. The summed E-state index contributed by atoms with van der Waals surface area (Å²) in [6.07, 6.45) is 14.0. The van der Waals surface area contributed by atoms with E-state index in [1.54, 1.807) is 38.2 Å². The summed E-state index contributed by atoms with van der Waals surface area (Å²) in [5, 5.41) is 9.03. The van der Waals surface area contributed by atoms with Crippen molar-refractivity contribution in [2.24, 2.45) is 4.30 Å². The van der Waals surface area contributed by atoms with Crippen molar-refractivity contribution in [3.05, 3.63) is 49.9 Å². The fraction of sp³-hybridized carbons (Fsp3) is 0.707. The maximum Gasteiger partial charge on any atom is 1.00 e. The van der Waals surface area contributed by atoms with Crippen molar-refractivity contribution in [1.82, 2.24) is 60.6 Å². The van der Waals surface area contributed by atoms with Crippen molar-refractivity contribution in [3.63, 3.8) is 0 Å². The molecule has 0 spiro atoms. The van der Waals surface area contributed by atoms with E-state index in [9.17, 15) is 28.8 Å². The van der Waals surface area contributed by atoms with Crippen molar-refractivity contribution in [2.45, 2.75) is 226 Å². The van der Waals surface area contributed by atoms with E-state index in [0.717, 1.165) is 115 Å². The SMILES string of the molecule is CC(C)(C)OC(=O)N1CCC[C@H]1C=O.CC(C)(C)OC(=O)N1CCC[C@H]1CO.CC(C)(C)OC(=O)N1CCC[C@H]1c1nc(Br)c(Br)[nH]1.CC(C)(C)OC(=O)N1CCC[C@H]1c1ncc(Br)[nH]1.CC(C)(C)OC(=O)N1CCC[C@H]1c1ncc[nH]1.N.O.O=CC=O.O=[S-](=O)[O-].[B]=NS.[Na+].[Na+]. The molecule has 31 nitrogen and oxygen atoms in total. The number of amides is 5. The number of carbonyl (C=O) groups excluding carboxylic acids is 8. The number of nitrogens with one attached hydrogen (secondary N) is 3. The summed E-state index contributed by atoms with van der Waals surface area (Å²) in [6.45, 7) is 31.4. The first-order valence-corrected chi connectivity index (χ1v) is 33.7. The molecule has 541 valence electrons. The first-order valence-electron chi connectivity index (χ1n) is 29.9. The van der Waals surface area contributed by atoms with E-state index in [1.165, 1.54) is 4.90 Å². The summed E-state index contributed by atoms with van der Waals surface area (Å²) >= 11 is 13.2. The van der Waals surface area contributed by atoms with Gasteiger partial charge in [0, 0.05) is 45.1 Å². The van der Waals surface area contributed by atoms with Crippen LogP contribution in [-0.2, 0) is 57.5 Å². The third-order valence-electron chi connectivity index (χ3n) is 12.7. The summed E-state index contributed by atoms with van der Waals surface area (Å²) in [5.74, 6) is 2.43. The number of imidazole rings is 3. The van der Waals surface area contributed by atoms with Crippen LogP contribution in [0.25, 0.3) is 0 Å². The van der Waals surface area contributed by atoms with Crippen LogP contribution < -0.4 is 65.3 Å². The molecule has 8 rings (SSSR count). The molecule has 0 aliphatic carbocycles. The molecule has 0 aromatic carbocycles. The molecule has 0 unspecified atom stereocenters. The number of H-pyrrole nitrogens is 3. The molecule has 39 heteroatoms. The van der Waals surface area contributed by atoms with Gasteiger partial charge in [0.15, 0.2) is 12.6 Å². The van der Waals surface area contributed by atoms with Gasteiger partial charge in [-0.25, -0.2) is 38.9 Å². The second kappa shape index (κ2) is 48.3. The van der Waals surface area contributed by atoms with Crippen LogP contribution in [0, 0.1) is 0 Å². The maximum absolute atomic E-state index is 12.2. The van der Waals surface area contributed by atoms with Crippen LogP contribution in [0.5, 0.6) is 0 Å². The first-order chi connectivity index (χ1) is 43.1. The van der Waals surface area contributed by atoms with E-state index in [2.05, 4.69) is 102 Å². The van der Waals surface area contributed by atoms with Gasteiger partial charge in [0.25, 0.3) is 0 Å².